The fourth-order valence-corrected chi connectivity index (χ4v) is 2.49. The van der Waals surface area contributed by atoms with Gasteiger partial charge < -0.3 is 0 Å². The van der Waals surface area contributed by atoms with E-state index < -0.39 is 0 Å². The number of benzene rings is 1. The largest absolute Gasteiger partial charge is 0.240 e. The molecule has 98 valence electrons. The second-order valence-electron chi connectivity index (χ2n) is 3.89. The number of aryl methyl sites for hydroxylation is 1. The summed E-state index contributed by atoms with van der Waals surface area (Å²) in [6.07, 6.45) is 6.05. The summed E-state index contributed by atoms with van der Waals surface area (Å²) in [7, 11) is 0. The minimum atomic E-state index is 0.721. The lowest BCUT2D eigenvalue weighted by Crippen LogP contribution is -1.91. The van der Waals surface area contributed by atoms with E-state index in [0.29, 0.717) is 0 Å². The van der Waals surface area contributed by atoms with Gasteiger partial charge in [-0.05, 0) is 43.4 Å². The molecule has 0 aromatic heterocycles. The summed E-state index contributed by atoms with van der Waals surface area (Å²) in [6, 6.07) is 5.66. The third-order valence-electron chi connectivity index (χ3n) is 2.39. The van der Waals surface area contributed by atoms with Crippen molar-refractivity contribution in [2.24, 2.45) is 4.99 Å². The van der Waals surface area contributed by atoms with Crippen LogP contribution in [-0.4, -0.2) is 11.3 Å². The van der Waals surface area contributed by atoms with E-state index in [1.807, 2.05) is 37.5 Å². The van der Waals surface area contributed by atoms with E-state index in [-0.39, 0.29) is 0 Å². The van der Waals surface area contributed by atoms with Gasteiger partial charge in [-0.15, -0.1) is 11.8 Å². The number of halogens is 2. The summed E-state index contributed by atoms with van der Waals surface area (Å²) in [5.41, 5.74) is 1.96. The average Bonchev–Trinajstić information content (AvgIpc) is 2.35. The van der Waals surface area contributed by atoms with Crippen LogP contribution in [0.25, 0.3) is 0 Å². The Bertz CT molecular complexity index is 467. The minimum absolute atomic E-state index is 0.721. The molecule has 4 heteroatoms. The van der Waals surface area contributed by atoms with E-state index in [2.05, 4.69) is 11.9 Å². The first-order valence-corrected chi connectivity index (χ1v) is 7.81. The minimum Gasteiger partial charge on any atom is -0.240 e. The van der Waals surface area contributed by atoms with Crippen LogP contribution >= 0.6 is 35.0 Å². The molecule has 1 nitrogen and oxygen atoms in total. The molecule has 0 heterocycles. The lowest BCUT2D eigenvalue weighted by atomic mass is 10.2. The van der Waals surface area contributed by atoms with E-state index in [0.717, 1.165) is 39.2 Å². The second-order valence-corrected chi connectivity index (χ2v) is 5.53. The van der Waals surface area contributed by atoms with Crippen LogP contribution in [0, 0.1) is 6.92 Å². The predicted molar refractivity (Wildman–Crippen MR) is 85.6 cm³/mol. The first-order valence-electron chi connectivity index (χ1n) is 5.83. The number of hydrogen-bond acceptors (Lipinski definition) is 2. The van der Waals surface area contributed by atoms with E-state index in [9.17, 15) is 0 Å². The van der Waals surface area contributed by atoms with Crippen molar-refractivity contribution in [3.63, 3.8) is 0 Å². The number of thioether (sulfide) groups is 1. The van der Waals surface area contributed by atoms with Crippen LogP contribution < -0.4 is 0 Å². The van der Waals surface area contributed by atoms with Gasteiger partial charge in [0, 0.05) is 5.02 Å². The standard InChI is InChI=1S/C14H17Cl2NS/c1-4-5-6-12(16)14(18-3)17-13-8-7-11(15)9-10(13)2/h6-9H,4-5H2,1-3H3/b12-6-,17-14?. The molecule has 0 unspecified atom stereocenters. The zero-order valence-electron chi connectivity index (χ0n) is 10.8. The SMILES string of the molecule is CCC/C=C(\Cl)C(=Nc1ccc(Cl)cc1C)SC. The summed E-state index contributed by atoms with van der Waals surface area (Å²) in [5, 5.41) is 2.29. The van der Waals surface area contributed by atoms with Gasteiger partial charge in [0.15, 0.2) is 0 Å². The summed E-state index contributed by atoms with van der Waals surface area (Å²) in [6.45, 7) is 4.12. The van der Waals surface area contributed by atoms with Crippen LogP contribution in [0.5, 0.6) is 0 Å². The Hall–Kier alpha value is -0.440. The zero-order chi connectivity index (χ0) is 13.5. The predicted octanol–water partition coefficient (Wildman–Crippen LogP) is 5.96. The molecule has 0 fully saturated rings. The van der Waals surface area contributed by atoms with Crippen LogP contribution in [0.4, 0.5) is 5.69 Å². The lowest BCUT2D eigenvalue weighted by Gasteiger charge is -2.05. The maximum Gasteiger partial charge on any atom is 0.115 e. The number of rotatable bonds is 4. The molecule has 1 aromatic rings. The molecule has 0 radical (unpaired) electrons. The van der Waals surface area contributed by atoms with Crippen molar-refractivity contribution >= 4 is 45.7 Å². The Balaban J connectivity index is 3.03. The molecule has 0 N–H and O–H groups in total. The summed E-state index contributed by atoms with van der Waals surface area (Å²) in [4.78, 5) is 4.59. The van der Waals surface area contributed by atoms with Crippen LogP contribution in [-0.2, 0) is 0 Å². The highest BCUT2D eigenvalue weighted by Gasteiger charge is 2.05. The summed E-state index contributed by atoms with van der Waals surface area (Å²) < 4.78 is 0. The van der Waals surface area contributed by atoms with E-state index in [1.165, 1.54) is 0 Å². The number of allylic oxidation sites excluding steroid dienone is 1. The van der Waals surface area contributed by atoms with Crippen molar-refractivity contribution in [1.82, 2.24) is 0 Å². The molecule has 0 saturated heterocycles. The maximum atomic E-state index is 6.24. The van der Waals surface area contributed by atoms with Crippen LogP contribution in [0.1, 0.15) is 25.3 Å². The Morgan fingerprint density at radius 1 is 1.44 bits per heavy atom. The smallest absolute Gasteiger partial charge is 0.115 e. The molecule has 18 heavy (non-hydrogen) atoms. The Morgan fingerprint density at radius 2 is 2.17 bits per heavy atom. The van der Waals surface area contributed by atoms with E-state index >= 15 is 0 Å². The molecule has 0 saturated carbocycles. The highest BCUT2D eigenvalue weighted by atomic mass is 35.5. The van der Waals surface area contributed by atoms with Crippen molar-refractivity contribution in [2.45, 2.75) is 26.7 Å². The number of aliphatic imine (C=N–C) groups is 1. The van der Waals surface area contributed by atoms with Crippen LogP contribution in [0.3, 0.4) is 0 Å². The average molecular weight is 302 g/mol. The molecular weight excluding hydrogens is 285 g/mol. The molecule has 0 aliphatic carbocycles. The molecule has 0 bridgehead atoms. The Morgan fingerprint density at radius 3 is 2.72 bits per heavy atom. The summed E-state index contributed by atoms with van der Waals surface area (Å²) in [5.74, 6) is 0. The first kappa shape index (κ1) is 15.6. The van der Waals surface area contributed by atoms with Gasteiger partial charge >= 0.3 is 0 Å². The highest BCUT2D eigenvalue weighted by Crippen LogP contribution is 2.26. The Labute approximate surface area is 123 Å². The lowest BCUT2D eigenvalue weighted by molar-refractivity contribution is 0.958. The van der Waals surface area contributed by atoms with Gasteiger partial charge in [0.25, 0.3) is 0 Å². The third-order valence-corrected chi connectivity index (χ3v) is 3.77. The highest BCUT2D eigenvalue weighted by molar-refractivity contribution is 8.14. The van der Waals surface area contributed by atoms with Gasteiger partial charge in [-0.25, -0.2) is 4.99 Å². The van der Waals surface area contributed by atoms with Crippen molar-refractivity contribution in [2.75, 3.05) is 6.26 Å². The van der Waals surface area contributed by atoms with Gasteiger partial charge in [-0.3, -0.25) is 0 Å². The number of hydrogen-bond donors (Lipinski definition) is 0. The third kappa shape index (κ3) is 4.68. The van der Waals surface area contributed by atoms with E-state index in [4.69, 9.17) is 23.2 Å². The molecule has 0 aliphatic heterocycles. The van der Waals surface area contributed by atoms with Crippen molar-refractivity contribution in [3.8, 4) is 0 Å². The number of nitrogens with zero attached hydrogens (tertiary/aromatic N) is 1. The van der Waals surface area contributed by atoms with Crippen molar-refractivity contribution in [1.29, 1.82) is 0 Å². The van der Waals surface area contributed by atoms with Crippen LogP contribution in [0.2, 0.25) is 5.02 Å². The molecule has 0 amide bonds. The van der Waals surface area contributed by atoms with Crippen LogP contribution in [0.15, 0.2) is 34.3 Å². The van der Waals surface area contributed by atoms with Crippen molar-refractivity contribution < 1.29 is 0 Å². The Kier molecular flexibility index (Phi) is 6.83. The van der Waals surface area contributed by atoms with Gasteiger partial charge in [-0.1, -0.05) is 42.6 Å². The summed E-state index contributed by atoms with van der Waals surface area (Å²) >= 11 is 13.7. The fourth-order valence-electron chi connectivity index (χ4n) is 1.41. The molecule has 0 spiro atoms. The van der Waals surface area contributed by atoms with Gasteiger partial charge in [-0.2, -0.15) is 0 Å². The maximum absolute atomic E-state index is 6.24. The second kappa shape index (κ2) is 7.88. The zero-order valence-corrected chi connectivity index (χ0v) is 13.2. The van der Waals surface area contributed by atoms with Crippen molar-refractivity contribution in [3.05, 3.63) is 39.9 Å². The topological polar surface area (TPSA) is 12.4 Å². The fraction of sp³-hybridized carbons (Fsp3) is 0.357. The normalized spacial score (nSPS) is 12.9. The number of unbranched alkanes of at least 4 members (excludes halogenated alkanes) is 1. The van der Waals surface area contributed by atoms with Gasteiger partial charge in [0.2, 0.25) is 0 Å². The molecule has 1 rings (SSSR count). The quantitative estimate of drug-likeness (QED) is 0.493. The van der Waals surface area contributed by atoms with E-state index in [1.54, 1.807) is 11.8 Å². The molecule has 1 aromatic carbocycles. The molecule has 0 aliphatic rings. The van der Waals surface area contributed by atoms with Gasteiger partial charge in [0.1, 0.15) is 5.04 Å². The monoisotopic (exact) mass is 301 g/mol. The molecule has 0 atom stereocenters. The molecular formula is C14H17Cl2NS. The first-order chi connectivity index (χ1) is 8.58. The van der Waals surface area contributed by atoms with Gasteiger partial charge in [0.05, 0.1) is 10.7 Å².